The zero-order valence-corrected chi connectivity index (χ0v) is 14.5. The van der Waals surface area contributed by atoms with Crippen molar-refractivity contribution in [3.8, 4) is 10.9 Å². The molecule has 0 atom stereocenters. The Balaban J connectivity index is 1.70. The first-order valence-electron chi connectivity index (χ1n) is 7.15. The molecule has 0 bridgehead atoms. The van der Waals surface area contributed by atoms with E-state index in [0.29, 0.717) is 17.2 Å². The molecule has 1 aliphatic rings. The number of benzene rings is 1. The Morgan fingerprint density at radius 2 is 2.19 bits per heavy atom. The van der Waals surface area contributed by atoms with E-state index in [2.05, 4.69) is 51.4 Å². The average molecular weight is 368 g/mol. The Morgan fingerprint density at radius 1 is 1.38 bits per heavy atom. The number of aromatic nitrogens is 2. The SMILES string of the molecule is CC(C)c1cc(Br)ccc1Oc1nnc(CNC2CC2)s1. The average Bonchev–Trinajstić information content (AvgIpc) is 3.18. The Kier molecular flexibility index (Phi) is 4.57. The monoisotopic (exact) mass is 367 g/mol. The number of rotatable bonds is 6. The van der Waals surface area contributed by atoms with Gasteiger partial charge in [-0.25, -0.2) is 0 Å². The maximum atomic E-state index is 5.93. The van der Waals surface area contributed by atoms with E-state index in [1.807, 2.05) is 12.1 Å². The molecule has 1 fully saturated rings. The molecule has 6 heteroatoms. The summed E-state index contributed by atoms with van der Waals surface area (Å²) in [6.07, 6.45) is 2.55. The predicted molar refractivity (Wildman–Crippen MR) is 88.1 cm³/mol. The second-order valence-corrected chi connectivity index (χ2v) is 7.50. The van der Waals surface area contributed by atoms with Crippen molar-refractivity contribution in [3.05, 3.63) is 33.2 Å². The number of ether oxygens (including phenoxy) is 1. The summed E-state index contributed by atoms with van der Waals surface area (Å²) in [4.78, 5) is 0. The Morgan fingerprint density at radius 3 is 2.90 bits per heavy atom. The van der Waals surface area contributed by atoms with E-state index in [1.165, 1.54) is 24.2 Å². The van der Waals surface area contributed by atoms with E-state index in [-0.39, 0.29) is 0 Å². The van der Waals surface area contributed by atoms with Crippen molar-refractivity contribution in [1.29, 1.82) is 0 Å². The molecule has 4 nitrogen and oxygen atoms in total. The Hall–Kier alpha value is -0.980. The van der Waals surface area contributed by atoms with Crippen molar-refractivity contribution < 1.29 is 4.74 Å². The van der Waals surface area contributed by atoms with E-state index in [9.17, 15) is 0 Å². The Bertz CT molecular complexity index is 625. The minimum absolute atomic E-state index is 0.390. The van der Waals surface area contributed by atoms with Gasteiger partial charge in [-0.15, -0.1) is 5.10 Å². The topological polar surface area (TPSA) is 47.0 Å². The van der Waals surface area contributed by atoms with Gasteiger partial charge in [0.25, 0.3) is 5.19 Å². The normalized spacial score (nSPS) is 14.7. The molecular formula is C15H18BrN3OS. The summed E-state index contributed by atoms with van der Waals surface area (Å²) in [6, 6.07) is 6.73. The molecule has 1 N–H and O–H groups in total. The van der Waals surface area contributed by atoms with Gasteiger partial charge in [0.1, 0.15) is 10.8 Å². The maximum Gasteiger partial charge on any atom is 0.299 e. The zero-order valence-electron chi connectivity index (χ0n) is 12.1. The molecule has 0 unspecified atom stereocenters. The van der Waals surface area contributed by atoms with Gasteiger partial charge < -0.3 is 10.1 Å². The van der Waals surface area contributed by atoms with Crippen LogP contribution in [0.25, 0.3) is 0 Å². The molecule has 1 aromatic heterocycles. The van der Waals surface area contributed by atoms with Gasteiger partial charge in [0, 0.05) is 10.5 Å². The fourth-order valence-corrected chi connectivity index (χ4v) is 3.06. The van der Waals surface area contributed by atoms with Crippen molar-refractivity contribution in [2.45, 2.75) is 45.2 Å². The van der Waals surface area contributed by atoms with E-state index >= 15 is 0 Å². The highest BCUT2D eigenvalue weighted by atomic mass is 79.9. The third-order valence-corrected chi connectivity index (χ3v) is 4.65. The van der Waals surface area contributed by atoms with E-state index in [4.69, 9.17) is 4.74 Å². The molecule has 2 aromatic rings. The largest absolute Gasteiger partial charge is 0.429 e. The standard InChI is InChI=1S/C15H18BrN3OS/c1-9(2)12-7-10(16)3-6-13(12)20-15-19-18-14(21-15)8-17-11-4-5-11/h3,6-7,9,11,17H,4-5,8H2,1-2H3. The second kappa shape index (κ2) is 6.42. The summed E-state index contributed by atoms with van der Waals surface area (Å²) in [6.45, 7) is 5.09. The third kappa shape index (κ3) is 4.02. The first-order valence-corrected chi connectivity index (χ1v) is 8.76. The summed E-state index contributed by atoms with van der Waals surface area (Å²) in [5.74, 6) is 1.24. The van der Waals surface area contributed by atoms with Crippen molar-refractivity contribution in [1.82, 2.24) is 15.5 Å². The lowest BCUT2D eigenvalue weighted by Gasteiger charge is -2.12. The third-order valence-electron chi connectivity index (χ3n) is 3.36. The van der Waals surface area contributed by atoms with Gasteiger partial charge in [-0.3, -0.25) is 0 Å². The first-order chi connectivity index (χ1) is 10.1. The summed E-state index contributed by atoms with van der Waals surface area (Å²) < 4.78 is 6.99. The van der Waals surface area contributed by atoms with Crippen LogP contribution in [0, 0.1) is 0 Å². The van der Waals surface area contributed by atoms with Crippen LogP contribution in [-0.2, 0) is 6.54 Å². The predicted octanol–water partition coefficient (Wildman–Crippen LogP) is 4.47. The van der Waals surface area contributed by atoms with Crippen LogP contribution in [0.4, 0.5) is 0 Å². The highest BCUT2D eigenvalue weighted by Gasteiger charge is 2.21. The molecule has 0 amide bonds. The number of halogens is 1. The van der Waals surface area contributed by atoms with Gasteiger partial charge in [0.15, 0.2) is 0 Å². The minimum Gasteiger partial charge on any atom is -0.429 e. The molecule has 1 aromatic carbocycles. The van der Waals surface area contributed by atoms with Crippen molar-refractivity contribution in [2.75, 3.05) is 0 Å². The maximum absolute atomic E-state index is 5.93. The molecule has 0 spiro atoms. The summed E-state index contributed by atoms with van der Waals surface area (Å²) in [5, 5.41) is 13.3. The van der Waals surface area contributed by atoms with Crippen LogP contribution in [0.5, 0.6) is 10.9 Å². The highest BCUT2D eigenvalue weighted by molar-refractivity contribution is 9.10. The first kappa shape index (κ1) is 14.9. The molecule has 3 rings (SSSR count). The van der Waals surface area contributed by atoms with Crippen LogP contribution in [0.15, 0.2) is 22.7 Å². The van der Waals surface area contributed by atoms with Gasteiger partial charge in [-0.1, -0.05) is 46.2 Å². The summed E-state index contributed by atoms with van der Waals surface area (Å²) in [7, 11) is 0. The number of nitrogens with one attached hydrogen (secondary N) is 1. The van der Waals surface area contributed by atoms with Gasteiger partial charge in [-0.05, 0) is 42.5 Å². The molecule has 21 heavy (non-hydrogen) atoms. The van der Waals surface area contributed by atoms with Crippen LogP contribution in [-0.4, -0.2) is 16.2 Å². The molecular weight excluding hydrogens is 350 g/mol. The summed E-state index contributed by atoms with van der Waals surface area (Å²) >= 11 is 5.01. The molecule has 0 radical (unpaired) electrons. The lowest BCUT2D eigenvalue weighted by atomic mass is 10.0. The van der Waals surface area contributed by atoms with Crippen molar-refractivity contribution >= 4 is 27.3 Å². The van der Waals surface area contributed by atoms with E-state index in [1.54, 1.807) is 0 Å². The van der Waals surface area contributed by atoms with Crippen LogP contribution in [0.1, 0.15) is 43.2 Å². The van der Waals surface area contributed by atoms with Crippen molar-refractivity contribution in [2.24, 2.45) is 0 Å². The number of nitrogens with zero attached hydrogens (tertiary/aromatic N) is 2. The van der Waals surface area contributed by atoms with E-state index < -0.39 is 0 Å². The zero-order chi connectivity index (χ0) is 14.8. The molecule has 0 aliphatic heterocycles. The molecule has 112 valence electrons. The Labute approximate surface area is 137 Å². The van der Waals surface area contributed by atoms with Crippen LogP contribution < -0.4 is 10.1 Å². The van der Waals surface area contributed by atoms with Crippen LogP contribution in [0.3, 0.4) is 0 Å². The van der Waals surface area contributed by atoms with Gasteiger partial charge in [-0.2, -0.15) is 0 Å². The smallest absolute Gasteiger partial charge is 0.299 e. The van der Waals surface area contributed by atoms with E-state index in [0.717, 1.165) is 27.3 Å². The fourth-order valence-electron chi connectivity index (χ4n) is 2.03. The second-order valence-electron chi connectivity index (χ2n) is 5.56. The summed E-state index contributed by atoms with van der Waals surface area (Å²) in [5.41, 5.74) is 1.16. The van der Waals surface area contributed by atoms with Crippen molar-refractivity contribution in [3.63, 3.8) is 0 Å². The highest BCUT2D eigenvalue weighted by Crippen LogP contribution is 2.34. The molecule has 1 aliphatic carbocycles. The fraction of sp³-hybridized carbons (Fsp3) is 0.467. The molecule has 1 heterocycles. The molecule has 0 saturated heterocycles. The lowest BCUT2D eigenvalue weighted by Crippen LogP contribution is -2.14. The lowest BCUT2D eigenvalue weighted by molar-refractivity contribution is 0.464. The van der Waals surface area contributed by atoms with Gasteiger partial charge in [0.05, 0.1) is 6.54 Å². The van der Waals surface area contributed by atoms with Gasteiger partial charge in [0.2, 0.25) is 0 Å². The number of hydrogen-bond acceptors (Lipinski definition) is 5. The van der Waals surface area contributed by atoms with Gasteiger partial charge >= 0.3 is 0 Å². The minimum atomic E-state index is 0.390. The molecule has 1 saturated carbocycles. The van der Waals surface area contributed by atoms with Crippen LogP contribution >= 0.6 is 27.3 Å². The number of hydrogen-bond donors (Lipinski definition) is 1. The quantitative estimate of drug-likeness (QED) is 0.817. The van der Waals surface area contributed by atoms with Crippen LogP contribution in [0.2, 0.25) is 0 Å².